The zero-order valence-corrected chi connectivity index (χ0v) is 11.1. The number of hydrogen-bond donors (Lipinski definition) is 0. The van der Waals surface area contributed by atoms with Crippen molar-refractivity contribution in [2.24, 2.45) is 0 Å². The Morgan fingerprint density at radius 3 is 2.59 bits per heavy atom. The van der Waals surface area contributed by atoms with Crippen LogP contribution in [0, 0.1) is 0 Å². The third-order valence-corrected chi connectivity index (χ3v) is 2.63. The lowest BCUT2D eigenvalue weighted by Gasteiger charge is -2.18. The van der Waals surface area contributed by atoms with Gasteiger partial charge in [0.25, 0.3) is 0 Å². The lowest BCUT2D eigenvalue weighted by Crippen LogP contribution is -2.23. The summed E-state index contributed by atoms with van der Waals surface area (Å²) in [6.45, 7) is 7.10. The van der Waals surface area contributed by atoms with Gasteiger partial charge in [0.1, 0.15) is 5.60 Å². The van der Waals surface area contributed by atoms with Gasteiger partial charge in [-0.2, -0.15) is 0 Å². The van der Waals surface area contributed by atoms with Crippen molar-refractivity contribution in [3.8, 4) is 0 Å². The number of hydrogen-bond acceptors (Lipinski definition) is 5. The van der Waals surface area contributed by atoms with E-state index in [-0.39, 0.29) is 10.8 Å². The number of nitrogens with zero attached hydrogens (tertiary/aromatic N) is 1. The fraction of sp³-hybridized carbons (Fsp3) is 0.417. The molecule has 0 aliphatic rings. The second-order valence-electron chi connectivity index (χ2n) is 4.40. The van der Waals surface area contributed by atoms with Crippen LogP contribution < -0.4 is 0 Å². The molecule has 0 saturated carbocycles. The molecule has 1 heterocycles. The van der Waals surface area contributed by atoms with Crippen molar-refractivity contribution in [1.82, 2.24) is 4.98 Å². The Bertz CT molecular complexity index is 455. The first-order valence-electron chi connectivity index (χ1n) is 5.19. The smallest absolute Gasteiger partial charge is 0.367 e. The predicted octanol–water partition coefficient (Wildman–Crippen LogP) is 2.86. The van der Waals surface area contributed by atoms with Crippen LogP contribution in [0.4, 0.5) is 0 Å². The molecule has 0 saturated heterocycles. The van der Waals surface area contributed by atoms with Crippen molar-refractivity contribution < 1.29 is 14.3 Å². The van der Waals surface area contributed by atoms with E-state index in [1.807, 2.05) is 0 Å². The van der Waals surface area contributed by atoms with Gasteiger partial charge in [0.15, 0.2) is 5.78 Å². The number of allylic oxidation sites excluding steroid dienone is 2. The van der Waals surface area contributed by atoms with Gasteiger partial charge in [0.2, 0.25) is 5.01 Å². The second kappa shape index (κ2) is 5.23. The summed E-state index contributed by atoms with van der Waals surface area (Å²) >= 11 is 1.04. The number of carbonyl (C=O) groups is 2. The van der Waals surface area contributed by atoms with Crippen LogP contribution in [-0.4, -0.2) is 22.3 Å². The molecule has 0 spiro atoms. The molecular weight excluding hydrogens is 238 g/mol. The van der Waals surface area contributed by atoms with E-state index in [0.717, 1.165) is 11.3 Å². The summed E-state index contributed by atoms with van der Waals surface area (Å²) < 4.78 is 5.16. The molecule has 0 aromatic carbocycles. The van der Waals surface area contributed by atoms with Crippen LogP contribution in [-0.2, 0) is 4.74 Å². The average Bonchev–Trinajstić information content (AvgIpc) is 2.63. The maximum atomic E-state index is 11.7. The summed E-state index contributed by atoms with van der Waals surface area (Å²) in [5, 5.41) is 0.202. The van der Waals surface area contributed by atoms with E-state index in [2.05, 4.69) is 4.98 Å². The minimum absolute atomic E-state index is 0.153. The van der Waals surface area contributed by atoms with Crippen LogP contribution in [0.1, 0.15) is 47.2 Å². The van der Waals surface area contributed by atoms with E-state index in [4.69, 9.17) is 4.74 Å². The van der Waals surface area contributed by atoms with Crippen molar-refractivity contribution >= 4 is 23.1 Å². The zero-order valence-electron chi connectivity index (χ0n) is 10.3. The van der Waals surface area contributed by atoms with E-state index < -0.39 is 11.6 Å². The van der Waals surface area contributed by atoms with Crippen molar-refractivity contribution in [2.75, 3.05) is 0 Å². The molecular formula is C12H15NO3S. The topological polar surface area (TPSA) is 56.3 Å². The van der Waals surface area contributed by atoms with Crippen molar-refractivity contribution in [3.05, 3.63) is 28.2 Å². The Hall–Kier alpha value is -1.49. The molecule has 0 N–H and O–H groups in total. The van der Waals surface area contributed by atoms with Gasteiger partial charge in [-0.1, -0.05) is 6.08 Å². The average molecular weight is 253 g/mol. The molecule has 5 heteroatoms. The van der Waals surface area contributed by atoms with Crippen LogP contribution in [0.15, 0.2) is 18.3 Å². The summed E-state index contributed by atoms with van der Waals surface area (Å²) in [6, 6.07) is 0. The van der Waals surface area contributed by atoms with Gasteiger partial charge in [-0.3, -0.25) is 4.79 Å². The molecule has 4 nitrogen and oxygen atoms in total. The Kier molecular flexibility index (Phi) is 4.17. The highest BCUT2D eigenvalue weighted by atomic mass is 32.1. The van der Waals surface area contributed by atoms with Crippen LogP contribution >= 0.6 is 11.3 Å². The summed E-state index contributed by atoms with van der Waals surface area (Å²) in [5.41, 5.74) is -0.559. The van der Waals surface area contributed by atoms with Gasteiger partial charge in [-0.05, 0) is 33.8 Å². The van der Waals surface area contributed by atoms with E-state index >= 15 is 0 Å². The summed E-state index contributed by atoms with van der Waals surface area (Å²) in [4.78, 5) is 27.5. The number of esters is 1. The largest absolute Gasteiger partial charge is 0.455 e. The number of ketones is 1. The van der Waals surface area contributed by atoms with E-state index in [1.165, 1.54) is 12.3 Å². The minimum Gasteiger partial charge on any atom is -0.455 e. The first-order valence-corrected chi connectivity index (χ1v) is 6.01. The van der Waals surface area contributed by atoms with Gasteiger partial charge < -0.3 is 4.74 Å². The maximum Gasteiger partial charge on any atom is 0.367 e. The first-order chi connectivity index (χ1) is 7.83. The monoisotopic (exact) mass is 253 g/mol. The number of carbonyl (C=O) groups excluding carboxylic acids is 2. The third kappa shape index (κ3) is 4.11. The first kappa shape index (κ1) is 13.6. The fourth-order valence-corrected chi connectivity index (χ4v) is 1.75. The SMILES string of the molecule is CC=CC(=O)c1cnc(C(=O)OC(C)(C)C)s1. The molecule has 0 unspecified atom stereocenters. The maximum absolute atomic E-state index is 11.7. The number of rotatable bonds is 3. The zero-order chi connectivity index (χ0) is 13.1. The fourth-order valence-electron chi connectivity index (χ4n) is 1.04. The van der Waals surface area contributed by atoms with Gasteiger partial charge in [0.05, 0.1) is 11.1 Å². The molecule has 17 heavy (non-hydrogen) atoms. The lowest BCUT2D eigenvalue weighted by molar-refractivity contribution is 0.00691. The van der Waals surface area contributed by atoms with Crippen LogP contribution in [0.3, 0.4) is 0 Å². The summed E-state index contributed by atoms with van der Waals surface area (Å²) in [7, 11) is 0. The Morgan fingerprint density at radius 2 is 2.06 bits per heavy atom. The molecule has 0 atom stereocenters. The van der Waals surface area contributed by atoms with Gasteiger partial charge in [0, 0.05) is 0 Å². The van der Waals surface area contributed by atoms with E-state index in [1.54, 1.807) is 33.8 Å². The number of aromatic nitrogens is 1. The highest BCUT2D eigenvalue weighted by molar-refractivity contribution is 7.15. The highest BCUT2D eigenvalue weighted by Crippen LogP contribution is 2.18. The molecule has 0 radical (unpaired) electrons. The number of thiazole rings is 1. The van der Waals surface area contributed by atoms with Crippen LogP contribution in [0.2, 0.25) is 0 Å². The molecule has 1 aromatic rings. The van der Waals surface area contributed by atoms with E-state index in [9.17, 15) is 9.59 Å². The van der Waals surface area contributed by atoms with Crippen molar-refractivity contribution in [3.63, 3.8) is 0 Å². The third-order valence-electron chi connectivity index (χ3n) is 1.64. The Labute approximate surface area is 104 Å². The van der Waals surface area contributed by atoms with Crippen LogP contribution in [0.5, 0.6) is 0 Å². The second-order valence-corrected chi connectivity index (χ2v) is 5.43. The molecule has 0 aliphatic carbocycles. The standard InChI is InChI=1S/C12H15NO3S/c1-5-6-8(14)9-7-13-10(17-9)11(15)16-12(2,3)4/h5-7H,1-4H3. The molecule has 0 aliphatic heterocycles. The van der Waals surface area contributed by atoms with Crippen LogP contribution in [0.25, 0.3) is 0 Å². The van der Waals surface area contributed by atoms with Crippen molar-refractivity contribution in [1.29, 1.82) is 0 Å². The molecule has 0 amide bonds. The predicted molar refractivity (Wildman–Crippen MR) is 66.4 cm³/mol. The lowest BCUT2D eigenvalue weighted by atomic mass is 10.2. The van der Waals surface area contributed by atoms with Gasteiger partial charge in [-0.15, -0.1) is 11.3 Å². The minimum atomic E-state index is -0.559. The van der Waals surface area contributed by atoms with Crippen molar-refractivity contribution in [2.45, 2.75) is 33.3 Å². The number of ether oxygens (including phenoxy) is 1. The summed E-state index contributed by atoms with van der Waals surface area (Å²) in [5.74, 6) is -0.651. The van der Waals surface area contributed by atoms with Gasteiger partial charge in [-0.25, -0.2) is 9.78 Å². The molecule has 92 valence electrons. The molecule has 1 rings (SSSR count). The summed E-state index contributed by atoms with van der Waals surface area (Å²) in [6.07, 6.45) is 4.48. The molecule has 0 bridgehead atoms. The highest BCUT2D eigenvalue weighted by Gasteiger charge is 2.21. The quantitative estimate of drug-likeness (QED) is 0.472. The van der Waals surface area contributed by atoms with Gasteiger partial charge >= 0.3 is 5.97 Å². The molecule has 0 fully saturated rings. The normalized spacial score (nSPS) is 11.8. The van der Waals surface area contributed by atoms with E-state index in [0.29, 0.717) is 4.88 Å². The molecule has 1 aromatic heterocycles. The Balaban J connectivity index is 2.81. The Morgan fingerprint density at radius 1 is 1.41 bits per heavy atom.